The van der Waals surface area contributed by atoms with Crippen molar-refractivity contribution in [2.24, 2.45) is 11.7 Å². The van der Waals surface area contributed by atoms with Crippen LogP contribution in [0.15, 0.2) is 24.3 Å². The SMILES string of the molecule is COc1cccc(C2(O)CCCC(O)C2CN)c1. The van der Waals surface area contributed by atoms with Crippen LogP contribution < -0.4 is 10.5 Å². The maximum atomic E-state index is 10.9. The lowest BCUT2D eigenvalue weighted by Crippen LogP contribution is -2.49. The molecule has 2 rings (SSSR count). The Balaban J connectivity index is 2.37. The molecule has 4 heteroatoms. The fraction of sp³-hybridized carbons (Fsp3) is 0.571. The second-order valence-corrected chi connectivity index (χ2v) is 4.96. The van der Waals surface area contributed by atoms with Gasteiger partial charge in [-0.1, -0.05) is 12.1 Å². The van der Waals surface area contributed by atoms with Gasteiger partial charge in [0.05, 0.1) is 18.8 Å². The molecule has 1 aromatic carbocycles. The summed E-state index contributed by atoms with van der Waals surface area (Å²) in [5.74, 6) is 0.384. The van der Waals surface area contributed by atoms with Crippen LogP contribution in [-0.4, -0.2) is 30.0 Å². The fourth-order valence-electron chi connectivity index (χ4n) is 2.89. The van der Waals surface area contributed by atoms with Crippen LogP contribution >= 0.6 is 0 Å². The van der Waals surface area contributed by atoms with Crippen molar-refractivity contribution in [2.75, 3.05) is 13.7 Å². The minimum absolute atomic E-state index is 0.273. The van der Waals surface area contributed by atoms with Crippen molar-refractivity contribution in [1.82, 2.24) is 0 Å². The first kappa shape index (κ1) is 13.3. The monoisotopic (exact) mass is 251 g/mol. The summed E-state index contributed by atoms with van der Waals surface area (Å²) in [6, 6.07) is 7.37. The Labute approximate surface area is 107 Å². The third-order valence-electron chi connectivity index (χ3n) is 3.96. The molecule has 1 aliphatic carbocycles. The summed E-state index contributed by atoms with van der Waals surface area (Å²) in [5, 5.41) is 20.9. The Morgan fingerprint density at radius 2 is 2.28 bits per heavy atom. The van der Waals surface area contributed by atoms with Crippen LogP contribution in [0.5, 0.6) is 5.75 Å². The number of rotatable bonds is 3. The molecule has 3 atom stereocenters. The zero-order valence-electron chi connectivity index (χ0n) is 10.7. The summed E-state index contributed by atoms with van der Waals surface area (Å²) in [4.78, 5) is 0. The summed E-state index contributed by atoms with van der Waals surface area (Å²) < 4.78 is 5.18. The number of methoxy groups -OCH3 is 1. The van der Waals surface area contributed by atoms with Gasteiger partial charge in [0.25, 0.3) is 0 Å². The molecule has 0 radical (unpaired) electrons. The number of benzene rings is 1. The topological polar surface area (TPSA) is 75.7 Å². The Morgan fingerprint density at radius 1 is 1.50 bits per heavy atom. The van der Waals surface area contributed by atoms with Crippen LogP contribution in [0.25, 0.3) is 0 Å². The van der Waals surface area contributed by atoms with Gasteiger partial charge in [-0.25, -0.2) is 0 Å². The van der Waals surface area contributed by atoms with Crippen LogP contribution in [-0.2, 0) is 5.60 Å². The number of aliphatic hydroxyl groups is 2. The van der Waals surface area contributed by atoms with Crippen molar-refractivity contribution in [3.05, 3.63) is 29.8 Å². The van der Waals surface area contributed by atoms with Crippen molar-refractivity contribution in [1.29, 1.82) is 0 Å². The smallest absolute Gasteiger partial charge is 0.119 e. The normalized spacial score (nSPS) is 32.2. The van der Waals surface area contributed by atoms with Crippen molar-refractivity contribution >= 4 is 0 Å². The zero-order chi connectivity index (χ0) is 13.2. The Morgan fingerprint density at radius 3 is 2.94 bits per heavy atom. The van der Waals surface area contributed by atoms with E-state index in [1.54, 1.807) is 7.11 Å². The first-order valence-corrected chi connectivity index (χ1v) is 6.37. The highest BCUT2D eigenvalue weighted by molar-refractivity contribution is 5.33. The van der Waals surface area contributed by atoms with Gasteiger partial charge < -0.3 is 20.7 Å². The van der Waals surface area contributed by atoms with E-state index in [9.17, 15) is 10.2 Å². The number of ether oxygens (including phenoxy) is 1. The molecule has 0 bridgehead atoms. The Bertz CT molecular complexity index is 410. The fourth-order valence-corrected chi connectivity index (χ4v) is 2.89. The summed E-state index contributed by atoms with van der Waals surface area (Å²) in [6.45, 7) is 0.273. The van der Waals surface area contributed by atoms with E-state index >= 15 is 0 Å². The van der Waals surface area contributed by atoms with E-state index in [2.05, 4.69) is 0 Å². The predicted molar refractivity (Wildman–Crippen MR) is 69.3 cm³/mol. The zero-order valence-corrected chi connectivity index (χ0v) is 10.7. The highest BCUT2D eigenvalue weighted by Gasteiger charge is 2.44. The molecule has 3 unspecified atom stereocenters. The standard InChI is InChI=1S/C14H21NO3/c1-18-11-5-2-4-10(8-11)14(17)7-3-6-13(16)12(14)9-15/h2,4-5,8,12-13,16-17H,3,6-7,9,15H2,1H3. The second kappa shape index (κ2) is 5.26. The number of hydrogen-bond donors (Lipinski definition) is 3. The molecule has 1 fully saturated rings. The van der Waals surface area contributed by atoms with E-state index in [1.165, 1.54) is 0 Å². The van der Waals surface area contributed by atoms with Crippen molar-refractivity contribution < 1.29 is 14.9 Å². The minimum Gasteiger partial charge on any atom is -0.497 e. The molecule has 100 valence electrons. The van der Waals surface area contributed by atoms with Crippen molar-refractivity contribution in [2.45, 2.75) is 31.0 Å². The van der Waals surface area contributed by atoms with Gasteiger partial charge in [-0.3, -0.25) is 0 Å². The average molecular weight is 251 g/mol. The summed E-state index contributed by atoms with van der Waals surface area (Å²) >= 11 is 0. The minimum atomic E-state index is -1.05. The highest BCUT2D eigenvalue weighted by Crippen LogP contribution is 2.42. The number of aliphatic hydroxyl groups excluding tert-OH is 1. The van der Waals surface area contributed by atoms with Crippen molar-refractivity contribution in [3.8, 4) is 5.75 Å². The molecule has 0 spiro atoms. The van der Waals surface area contributed by atoms with E-state index in [0.717, 1.165) is 12.0 Å². The summed E-state index contributed by atoms with van der Waals surface area (Å²) in [6.07, 6.45) is 1.58. The lowest BCUT2D eigenvalue weighted by atomic mass is 9.70. The predicted octanol–water partition coefficient (Wildman–Crippen LogP) is 1.00. The summed E-state index contributed by atoms with van der Waals surface area (Å²) in [7, 11) is 1.60. The van der Waals surface area contributed by atoms with E-state index in [0.29, 0.717) is 18.6 Å². The van der Waals surface area contributed by atoms with Crippen LogP contribution in [0.2, 0.25) is 0 Å². The average Bonchev–Trinajstić information content (AvgIpc) is 2.39. The van der Waals surface area contributed by atoms with E-state index in [4.69, 9.17) is 10.5 Å². The van der Waals surface area contributed by atoms with Crippen LogP contribution in [0.1, 0.15) is 24.8 Å². The molecule has 18 heavy (non-hydrogen) atoms. The molecule has 1 saturated carbocycles. The lowest BCUT2D eigenvalue weighted by molar-refractivity contribution is -0.105. The van der Waals surface area contributed by atoms with Gasteiger partial charge in [-0.15, -0.1) is 0 Å². The quantitative estimate of drug-likeness (QED) is 0.749. The maximum absolute atomic E-state index is 10.9. The first-order valence-electron chi connectivity index (χ1n) is 6.37. The van der Waals surface area contributed by atoms with E-state index in [-0.39, 0.29) is 12.5 Å². The molecule has 0 amide bonds. The third-order valence-corrected chi connectivity index (χ3v) is 3.96. The lowest BCUT2D eigenvalue weighted by Gasteiger charge is -2.42. The molecular weight excluding hydrogens is 230 g/mol. The second-order valence-electron chi connectivity index (χ2n) is 4.96. The molecule has 0 heterocycles. The highest BCUT2D eigenvalue weighted by atomic mass is 16.5. The maximum Gasteiger partial charge on any atom is 0.119 e. The van der Waals surface area contributed by atoms with E-state index < -0.39 is 11.7 Å². The van der Waals surface area contributed by atoms with Gasteiger partial charge in [-0.2, -0.15) is 0 Å². The van der Waals surface area contributed by atoms with Crippen LogP contribution in [0.3, 0.4) is 0 Å². The molecule has 1 aromatic rings. The largest absolute Gasteiger partial charge is 0.497 e. The van der Waals surface area contributed by atoms with Crippen LogP contribution in [0, 0.1) is 5.92 Å². The van der Waals surface area contributed by atoms with Gasteiger partial charge in [0.15, 0.2) is 0 Å². The Kier molecular flexibility index (Phi) is 3.90. The van der Waals surface area contributed by atoms with Crippen LogP contribution in [0.4, 0.5) is 0 Å². The van der Waals surface area contributed by atoms with Gasteiger partial charge >= 0.3 is 0 Å². The van der Waals surface area contributed by atoms with Gasteiger partial charge in [-0.05, 0) is 37.0 Å². The van der Waals surface area contributed by atoms with Gasteiger partial charge in [0, 0.05) is 12.5 Å². The first-order chi connectivity index (χ1) is 8.61. The molecule has 0 aliphatic heterocycles. The molecular formula is C14H21NO3. The van der Waals surface area contributed by atoms with Crippen molar-refractivity contribution in [3.63, 3.8) is 0 Å². The van der Waals surface area contributed by atoms with Gasteiger partial charge in [0.2, 0.25) is 0 Å². The number of nitrogens with two attached hydrogens (primary N) is 1. The van der Waals surface area contributed by atoms with E-state index in [1.807, 2.05) is 24.3 Å². The van der Waals surface area contributed by atoms with Gasteiger partial charge in [0.1, 0.15) is 5.75 Å². The summed E-state index contributed by atoms with van der Waals surface area (Å²) in [5.41, 5.74) is 5.45. The molecule has 0 aromatic heterocycles. The molecule has 4 N–H and O–H groups in total. The third kappa shape index (κ3) is 2.23. The molecule has 0 saturated heterocycles. The Hall–Kier alpha value is -1.10. The molecule has 4 nitrogen and oxygen atoms in total. The molecule has 1 aliphatic rings. The number of hydrogen-bond acceptors (Lipinski definition) is 4.